The maximum Gasteiger partial charge on any atom is 0.335 e. The van der Waals surface area contributed by atoms with Crippen molar-refractivity contribution in [2.45, 2.75) is 38.7 Å². The van der Waals surface area contributed by atoms with Crippen molar-refractivity contribution < 1.29 is 19.4 Å². The maximum atomic E-state index is 12.5. The smallest absolute Gasteiger partial charge is 0.335 e. The van der Waals surface area contributed by atoms with E-state index in [4.69, 9.17) is 9.84 Å². The van der Waals surface area contributed by atoms with Crippen LogP contribution in [0.4, 0.5) is 0 Å². The lowest BCUT2D eigenvalue weighted by molar-refractivity contribution is 0.0432. The molecule has 1 saturated heterocycles. The molecule has 22 heavy (non-hydrogen) atoms. The Morgan fingerprint density at radius 3 is 2.95 bits per heavy atom. The lowest BCUT2D eigenvalue weighted by atomic mass is 10.1. The zero-order valence-corrected chi connectivity index (χ0v) is 12.8. The van der Waals surface area contributed by atoms with Crippen molar-refractivity contribution in [3.05, 3.63) is 29.6 Å². The molecule has 1 aromatic rings. The van der Waals surface area contributed by atoms with Crippen LogP contribution in [0.2, 0.25) is 0 Å². The number of amides is 1. The molecule has 1 N–H and O–H groups in total. The predicted octanol–water partition coefficient (Wildman–Crippen LogP) is 2.20. The van der Waals surface area contributed by atoms with E-state index in [-0.39, 0.29) is 23.3 Å². The van der Waals surface area contributed by atoms with Crippen LogP contribution in [-0.4, -0.2) is 52.7 Å². The second-order valence-electron chi connectivity index (χ2n) is 5.45. The number of carboxylic acid groups (broad SMARTS) is 1. The molecular weight excluding hydrogens is 284 g/mol. The van der Waals surface area contributed by atoms with E-state index in [0.29, 0.717) is 13.1 Å². The molecule has 1 atom stereocenters. The van der Waals surface area contributed by atoms with Gasteiger partial charge in [-0.05, 0) is 37.8 Å². The van der Waals surface area contributed by atoms with E-state index in [1.54, 1.807) is 4.90 Å². The van der Waals surface area contributed by atoms with Crippen molar-refractivity contribution in [3.8, 4) is 0 Å². The van der Waals surface area contributed by atoms with Crippen LogP contribution < -0.4 is 0 Å². The quantitative estimate of drug-likeness (QED) is 0.902. The SMILES string of the molecule is CCCOC1CCCN(C(=O)c2cc(C(=O)O)ccn2)CC1. The number of hydrogen-bond donors (Lipinski definition) is 1. The van der Waals surface area contributed by atoms with Gasteiger partial charge in [-0.2, -0.15) is 0 Å². The van der Waals surface area contributed by atoms with E-state index in [9.17, 15) is 9.59 Å². The molecule has 1 aliphatic rings. The van der Waals surface area contributed by atoms with Gasteiger partial charge >= 0.3 is 5.97 Å². The van der Waals surface area contributed by atoms with Gasteiger partial charge in [0, 0.05) is 25.9 Å². The van der Waals surface area contributed by atoms with Crippen molar-refractivity contribution in [2.24, 2.45) is 0 Å². The number of nitrogens with zero attached hydrogens (tertiary/aromatic N) is 2. The van der Waals surface area contributed by atoms with E-state index < -0.39 is 5.97 Å². The van der Waals surface area contributed by atoms with E-state index in [2.05, 4.69) is 11.9 Å². The van der Waals surface area contributed by atoms with Gasteiger partial charge in [0.15, 0.2) is 0 Å². The highest BCUT2D eigenvalue weighted by Crippen LogP contribution is 2.16. The Hall–Kier alpha value is -1.95. The molecule has 0 spiro atoms. The highest BCUT2D eigenvalue weighted by molar-refractivity contribution is 5.95. The first-order chi connectivity index (χ1) is 10.6. The summed E-state index contributed by atoms with van der Waals surface area (Å²) in [4.78, 5) is 29.2. The third-order valence-corrected chi connectivity index (χ3v) is 3.75. The zero-order valence-electron chi connectivity index (χ0n) is 12.8. The number of pyridine rings is 1. The molecule has 0 bridgehead atoms. The number of carboxylic acids is 1. The van der Waals surface area contributed by atoms with Gasteiger partial charge in [0.25, 0.3) is 5.91 Å². The first kappa shape index (κ1) is 16.4. The van der Waals surface area contributed by atoms with Crippen LogP contribution in [0.25, 0.3) is 0 Å². The largest absolute Gasteiger partial charge is 0.478 e. The molecule has 1 amide bonds. The monoisotopic (exact) mass is 306 g/mol. The number of ether oxygens (including phenoxy) is 1. The van der Waals surface area contributed by atoms with Crippen molar-refractivity contribution in [1.29, 1.82) is 0 Å². The number of likely N-dealkylation sites (tertiary alicyclic amines) is 1. The van der Waals surface area contributed by atoms with Gasteiger partial charge in [-0.1, -0.05) is 6.92 Å². The summed E-state index contributed by atoms with van der Waals surface area (Å²) in [6.07, 6.45) is 5.21. The molecule has 0 aliphatic carbocycles. The van der Waals surface area contributed by atoms with Crippen molar-refractivity contribution >= 4 is 11.9 Å². The minimum Gasteiger partial charge on any atom is -0.478 e. The van der Waals surface area contributed by atoms with Crippen LogP contribution in [0.15, 0.2) is 18.3 Å². The molecule has 2 rings (SSSR count). The molecule has 0 saturated carbocycles. The Morgan fingerprint density at radius 1 is 1.41 bits per heavy atom. The molecule has 2 heterocycles. The first-order valence-corrected chi connectivity index (χ1v) is 7.72. The second kappa shape index (κ2) is 7.89. The lowest BCUT2D eigenvalue weighted by Gasteiger charge is -2.20. The van der Waals surface area contributed by atoms with Gasteiger partial charge < -0.3 is 14.7 Å². The Labute approximate surface area is 130 Å². The average Bonchev–Trinajstić information content (AvgIpc) is 2.78. The summed E-state index contributed by atoms with van der Waals surface area (Å²) in [5.41, 5.74) is 0.269. The molecule has 120 valence electrons. The second-order valence-corrected chi connectivity index (χ2v) is 5.45. The fourth-order valence-corrected chi connectivity index (χ4v) is 2.56. The lowest BCUT2D eigenvalue weighted by Crippen LogP contribution is -2.33. The fourth-order valence-electron chi connectivity index (χ4n) is 2.56. The highest BCUT2D eigenvalue weighted by atomic mass is 16.5. The summed E-state index contributed by atoms with van der Waals surface area (Å²) in [7, 11) is 0. The van der Waals surface area contributed by atoms with Gasteiger partial charge in [0.2, 0.25) is 0 Å². The molecule has 6 nitrogen and oxygen atoms in total. The summed E-state index contributed by atoms with van der Waals surface area (Å²) < 4.78 is 5.77. The molecule has 6 heteroatoms. The topological polar surface area (TPSA) is 79.7 Å². The molecule has 1 fully saturated rings. The van der Waals surface area contributed by atoms with Gasteiger partial charge in [-0.25, -0.2) is 4.79 Å². The number of aromatic nitrogens is 1. The van der Waals surface area contributed by atoms with Crippen LogP contribution in [0.1, 0.15) is 53.5 Å². The number of hydrogen-bond acceptors (Lipinski definition) is 4. The standard InChI is InChI=1S/C16H22N2O4/c1-2-10-22-13-4-3-8-18(9-6-13)15(19)14-11-12(16(20)21)5-7-17-14/h5,7,11,13H,2-4,6,8-10H2,1H3,(H,20,21). The summed E-state index contributed by atoms with van der Waals surface area (Å²) in [6.45, 7) is 4.10. The normalized spacial score (nSPS) is 18.8. The highest BCUT2D eigenvalue weighted by Gasteiger charge is 2.23. The number of rotatable bonds is 5. The van der Waals surface area contributed by atoms with E-state index in [1.807, 2.05) is 0 Å². The third kappa shape index (κ3) is 4.27. The van der Waals surface area contributed by atoms with Crippen LogP contribution in [-0.2, 0) is 4.74 Å². The van der Waals surface area contributed by atoms with E-state index in [0.717, 1.165) is 32.3 Å². The summed E-state index contributed by atoms with van der Waals surface area (Å²) >= 11 is 0. The molecule has 1 aromatic heterocycles. The molecule has 0 aromatic carbocycles. The summed E-state index contributed by atoms with van der Waals surface area (Å²) in [6, 6.07) is 2.72. The van der Waals surface area contributed by atoms with E-state index in [1.165, 1.54) is 18.3 Å². The third-order valence-electron chi connectivity index (χ3n) is 3.75. The number of carbonyl (C=O) groups excluding carboxylic acids is 1. The van der Waals surface area contributed by atoms with Crippen LogP contribution >= 0.6 is 0 Å². The van der Waals surface area contributed by atoms with Gasteiger partial charge in [-0.15, -0.1) is 0 Å². The molecule has 0 radical (unpaired) electrons. The molecular formula is C16H22N2O4. The van der Waals surface area contributed by atoms with Gasteiger partial charge in [0.1, 0.15) is 5.69 Å². The molecule has 1 aliphatic heterocycles. The Balaban J connectivity index is 2.00. The number of carbonyl (C=O) groups is 2. The van der Waals surface area contributed by atoms with Crippen molar-refractivity contribution in [2.75, 3.05) is 19.7 Å². The first-order valence-electron chi connectivity index (χ1n) is 7.72. The minimum absolute atomic E-state index is 0.0809. The van der Waals surface area contributed by atoms with Gasteiger partial charge in [-0.3, -0.25) is 9.78 Å². The zero-order chi connectivity index (χ0) is 15.9. The predicted molar refractivity (Wildman–Crippen MR) is 81.0 cm³/mol. The maximum absolute atomic E-state index is 12.5. The Morgan fingerprint density at radius 2 is 2.23 bits per heavy atom. The fraction of sp³-hybridized carbons (Fsp3) is 0.562. The average molecular weight is 306 g/mol. The summed E-state index contributed by atoms with van der Waals surface area (Å²) in [5.74, 6) is -1.26. The summed E-state index contributed by atoms with van der Waals surface area (Å²) in [5, 5.41) is 8.99. The van der Waals surface area contributed by atoms with Crippen LogP contribution in [0.5, 0.6) is 0 Å². The van der Waals surface area contributed by atoms with Crippen LogP contribution in [0.3, 0.4) is 0 Å². The Bertz CT molecular complexity index is 533. The van der Waals surface area contributed by atoms with Crippen LogP contribution in [0, 0.1) is 0 Å². The number of aromatic carboxylic acids is 1. The Kier molecular flexibility index (Phi) is 5.89. The minimum atomic E-state index is -1.06. The van der Waals surface area contributed by atoms with Crippen molar-refractivity contribution in [1.82, 2.24) is 9.88 Å². The van der Waals surface area contributed by atoms with E-state index >= 15 is 0 Å². The van der Waals surface area contributed by atoms with Crippen molar-refractivity contribution in [3.63, 3.8) is 0 Å². The molecule has 1 unspecified atom stereocenters. The van der Waals surface area contributed by atoms with Gasteiger partial charge in [0.05, 0.1) is 11.7 Å².